The topological polar surface area (TPSA) is 51.0 Å². The molecule has 0 atom stereocenters. The summed E-state index contributed by atoms with van der Waals surface area (Å²) in [6, 6.07) is 2.18. The highest BCUT2D eigenvalue weighted by molar-refractivity contribution is 6.06. The Kier molecular flexibility index (Phi) is 5.52. The quantitative estimate of drug-likeness (QED) is 0.732. The average Bonchev–Trinajstić information content (AvgIpc) is 2.89. The first-order valence-electron chi connectivity index (χ1n) is 8.37. The fourth-order valence-corrected chi connectivity index (χ4v) is 2.63. The molecule has 0 aliphatic rings. The van der Waals surface area contributed by atoms with Crippen molar-refractivity contribution in [2.45, 2.75) is 52.5 Å². The Bertz CT molecular complexity index is 686. The number of ketones is 1. The highest BCUT2D eigenvalue weighted by atomic mass is 16.1. The second-order valence-corrected chi connectivity index (χ2v) is 7.00. The Hall–Kier alpha value is -1.75. The number of carbonyl (C=O) groups excluding carboxylic acids is 1. The molecule has 126 valence electrons. The molecule has 0 amide bonds. The van der Waals surface area contributed by atoms with Crippen molar-refractivity contribution in [3.8, 4) is 0 Å². The van der Waals surface area contributed by atoms with E-state index in [1.807, 2.05) is 24.8 Å². The average molecular weight is 316 g/mol. The number of aromatic nitrogens is 3. The number of rotatable bonds is 7. The molecule has 0 fully saturated rings. The largest absolute Gasteiger partial charge is 0.309 e. The zero-order valence-electron chi connectivity index (χ0n) is 15.1. The molecule has 2 aromatic heterocycles. The number of pyridine rings is 1. The van der Waals surface area contributed by atoms with E-state index in [0.717, 1.165) is 35.3 Å². The van der Waals surface area contributed by atoms with Crippen LogP contribution in [-0.4, -0.2) is 46.1 Å². The Morgan fingerprint density at radius 3 is 2.52 bits per heavy atom. The van der Waals surface area contributed by atoms with Gasteiger partial charge in [-0.1, -0.05) is 13.8 Å². The van der Waals surface area contributed by atoms with Crippen molar-refractivity contribution in [3.05, 3.63) is 23.5 Å². The Morgan fingerprint density at radius 2 is 1.96 bits per heavy atom. The molecule has 2 rings (SSSR count). The summed E-state index contributed by atoms with van der Waals surface area (Å²) < 4.78 is 1.90. The van der Waals surface area contributed by atoms with Crippen LogP contribution in [-0.2, 0) is 0 Å². The van der Waals surface area contributed by atoms with Gasteiger partial charge >= 0.3 is 0 Å². The van der Waals surface area contributed by atoms with Gasteiger partial charge in [0, 0.05) is 29.1 Å². The van der Waals surface area contributed by atoms with Crippen LogP contribution in [0.15, 0.2) is 12.3 Å². The number of hydrogen-bond acceptors (Lipinski definition) is 4. The van der Waals surface area contributed by atoms with Gasteiger partial charge in [-0.05, 0) is 52.9 Å². The first kappa shape index (κ1) is 17.6. The third-order valence-corrected chi connectivity index (χ3v) is 3.98. The summed E-state index contributed by atoms with van der Waals surface area (Å²) in [6.07, 6.45) is 3.21. The van der Waals surface area contributed by atoms with Crippen LogP contribution in [0.4, 0.5) is 0 Å². The molecule has 0 aliphatic carbocycles. The Labute approximate surface area is 138 Å². The SMILES string of the molecule is CC(C)c1cc(C(=O)CCCN(C)C)c2cnn(C(C)C)c2n1. The smallest absolute Gasteiger partial charge is 0.163 e. The molecule has 23 heavy (non-hydrogen) atoms. The van der Waals surface area contributed by atoms with E-state index < -0.39 is 0 Å². The lowest BCUT2D eigenvalue weighted by Crippen LogP contribution is -2.14. The summed E-state index contributed by atoms with van der Waals surface area (Å²) in [5.41, 5.74) is 2.54. The minimum atomic E-state index is 0.185. The van der Waals surface area contributed by atoms with E-state index in [4.69, 9.17) is 4.98 Å². The van der Waals surface area contributed by atoms with E-state index in [2.05, 4.69) is 37.7 Å². The zero-order valence-corrected chi connectivity index (χ0v) is 15.1. The number of carbonyl (C=O) groups is 1. The number of fused-ring (bicyclic) bond motifs is 1. The van der Waals surface area contributed by atoms with Crippen molar-refractivity contribution in [1.82, 2.24) is 19.7 Å². The highest BCUT2D eigenvalue weighted by Crippen LogP contribution is 2.25. The molecule has 5 heteroatoms. The molecule has 2 aromatic rings. The maximum absolute atomic E-state index is 12.7. The summed E-state index contributed by atoms with van der Waals surface area (Å²) in [5.74, 6) is 0.465. The van der Waals surface area contributed by atoms with Crippen molar-refractivity contribution in [2.24, 2.45) is 0 Å². The minimum absolute atomic E-state index is 0.185. The number of Topliss-reactive ketones (excluding diaryl/α,β-unsaturated/α-hetero) is 1. The molecular formula is C18H28N4O. The van der Waals surface area contributed by atoms with Gasteiger partial charge in [0.15, 0.2) is 11.4 Å². The van der Waals surface area contributed by atoms with Crippen LogP contribution < -0.4 is 0 Å². The molecule has 0 saturated heterocycles. The normalized spacial score (nSPS) is 12.0. The molecule has 0 bridgehead atoms. The van der Waals surface area contributed by atoms with Gasteiger partial charge in [-0.15, -0.1) is 0 Å². The van der Waals surface area contributed by atoms with Gasteiger partial charge in [-0.2, -0.15) is 5.10 Å². The maximum Gasteiger partial charge on any atom is 0.163 e. The van der Waals surface area contributed by atoms with E-state index in [0.29, 0.717) is 6.42 Å². The van der Waals surface area contributed by atoms with Gasteiger partial charge in [-0.3, -0.25) is 4.79 Å². The molecule has 0 unspecified atom stereocenters. The lowest BCUT2D eigenvalue weighted by molar-refractivity contribution is 0.0978. The second-order valence-electron chi connectivity index (χ2n) is 7.00. The van der Waals surface area contributed by atoms with Crippen molar-refractivity contribution in [1.29, 1.82) is 0 Å². The molecule has 0 saturated carbocycles. The van der Waals surface area contributed by atoms with Gasteiger partial charge in [-0.25, -0.2) is 9.67 Å². The van der Waals surface area contributed by atoms with Gasteiger partial charge in [0.05, 0.1) is 6.20 Å². The fourth-order valence-electron chi connectivity index (χ4n) is 2.63. The van der Waals surface area contributed by atoms with Crippen LogP contribution in [0.5, 0.6) is 0 Å². The molecule has 2 heterocycles. The Morgan fingerprint density at radius 1 is 1.26 bits per heavy atom. The van der Waals surface area contributed by atoms with Crippen LogP contribution in [0.25, 0.3) is 11.0 Å². The summed E-state index contributed by atoms with van der Waals surface area (Å²) in [4.78, 5) is 19.6. The standard InChI is InChI=1S/C18H28N4O/c1-12(2)16-10-14(17(23)8-7-9-21(5)6)15-11-19-22(13(3)4)18(15)20-16/h10-13H,7-9H2,1-6H3. The van der Waals surface area contributed by atoms with Crippen LogP contribution in [0.2, 0.25) is 0 Å². The van der Waals surface area contributed by atoms with E-state index in [9.17, 15) is 4.79 Å². The fraction of sp³-hybridized carbons (Fsp3) is 0.611. The predicted octanol–water partition coefficient (Wildman–Crippen LogP) is 3.66. The highest BCUT2D eigenvalue weighted by Gasteiger charge is 2.18. The van der Waals surface area contributed by atoms with Gasteiger partial charge < -0.3 is 4.90 Å². The van der Waals surface area contributed by atoms with Gasteiger partial charge in [0.1, 0.15) is 0 Å². The summed E-state index contributed by atoms with van der Waals surface area (Å²) in [7, 11) is 4.05. The molecular weight excluding hydrogens is 288 g/mol. The lowest BCUT2D eigenvalue weighted by atomic mass is 10.0. The van der Waals surface area contributed by atoms with Gasteiger partial charge in [0.25, 0.3) is 0 Å². The first-order valence-corrected chi connectivity index (χ1v) is 8.37. The van der Waals surface area contributed by atoms with Crippen molar-refractivity contribution in [2.75, 3.05) is 20.6 Å². The maximum atomic E-state index is 12.7. The van der Waals surface area contributed by atoms with Crippen LogP contribution >= 0.6 is 0 Å². The van der Waals surface area contributed by atoms with E-state index in [-0.39, 0.29) is 17.7 Å². The minimum Gasteiger partial charge on any atom is -0.309 e. The number of hydrogen-bond donors (Lipinski definition) is 0. The predicted molar refractivity (Wildman–Crippen MR) is 94.1 cm³/mol. The first-order chi connectivity index (χ1) is 10.8. The summed E-state index contributed by atoms with van der Waals surface area (Å²) in [5, 5.41) is 5.31. The summed E-state index contributed by atoms with van der Waals surface area (Å²) in [6.45, 7) is 9.28. The molecule has 0 radical (unpaired) electrons. The molecule has 5 nitrogen and oxygen atoms in total. The van der Waals surface area contributed by atoms with Crippen LogP contribution in [0.3, 0.4) is 0 Å². The summed E-state index contributed by atoms with van der Waals surface area (Å²) >= 11 is 0. The van der Waals surface area contributed by atoms with E-state index in [1.165, 1.54) is 0 Å². The second kappa shape index (κ2) is 7.21. The van der Waals surface area contributed by atoms with Crippen molar-refractivity contribution < 1.29 is 4.79 Å². The molecule has 0 aliphatic heterocycles. The van der Waals surface area contributed by atoms with Crippen molar-refractivity contribution >= 4 is 16.8 Å². The molecule has 0 spiro atoms. The van der Waals surface area contributed by atoms with Crippen LogP contribution in [0.1, 0.15) is 68.5 Å². The van der Waals surface area contributed by atoms with E-state index in [1.54, 1.807) is 6.20 Å². The number of nitrogens with zero attached hydrogens (tertiary/aromatic N) is 4. The third kappa shape index (κ3) is 3.96. The third-order valence-electron chi connectivity index (χ3n) is 3.98. The van der Waals surface area contributed by atoms with E-state index >= 15 is 0 Å². The monoisotopic (exact) mass is 316 g/mol. The molecule has 0 aromatic carbocycles. The van der Waals surface area contributed by atoms with Gasteiger partial charge in [0.2, 0.25) is 0 Å². The Balaban J connectivity index is 2.43. The van der Waals surface area contributed by atoms with Crippen molar-refractivity contribution in [3.63, 3.8) is 0 Å². The lowest BCUT2D eigenvalue weighted by Gasteiger charge is -2.12. The molecule has 0 N–H and O–H groups in total. The zero-order chi connectivity index (χ0) is 17.1. The van der Waals surface area contributed by atoms with Crippen LogP contribution in [0, 0.1) is 0 Å².